The molecular weight excluding hydrogens is 366 g/mol. The van der Waals surface area contributed by atoms with Gasteiger partial charge in [-0.25, -0.2) is 5.43 Å². The molecule has 0 aliphatic carbocycles. The van der Waals surface area contributed by atoms with E-state index in [0.717, 1.165) is 5.56 Å². The molecular formula is C23H19N3O3. The summed E-state index contributed by atoms with van der Waals surface area (Å²) in [6, 6.07) is 23.8. The van der Waals surface area contributed by atoms with Crippen LogP contribution in [0.2, 0.25) is 0 Å². The van der Waals surface area contributed by atoms with Gasteiger partial charge in [0.15, 0.2) is 5.71 Å². The Kier molecular flexibility index (Phi) is 5.07. The summed E-state index contributed by atoms with van der Waals surface area (Å²) in [7, 11) is 1.58. The highest BCUT2D eigenvalue weighted by molar-refractivity contribution is 6.54. The highest BCUT2D eigenvalue weighted by Gasteiger charge is 2.34. The number of nitrogens with zero attached hydrogens (tertiary/aromatic N) is 2. The molecule has 0 spiro atoms. The summed E-state index contributed by atoms with van der Waals surface area (Å²) >= 11 is 0. The largest absolute Gasteiger partial charge is 0.497 e. The molecule has 4 rings (SSSR count). The molecule has 0 aromatic heterocycles. The standard InChI is InChI=1S/C23H19N3O3/c1-29-18-12-13-19-20(14-18)26(15-16-8-4-2-5-9-16)23(28)21(19)24-25-22(27)17-10-6-3-7-11-17/h2-14H,15H2,1H3,(H,25,27)/b24-21-. The number of fused-ring (bicyclic) bond motifs is 1. The number of hydrazone groups is 1. The zero-order valence-corrected chi connectivity index (χ0v) is 15.8. The zero-order valence-electron chi connectivity index (χ0n) is 15.8. The predicted octanol–water partition coefficient (Wildman–Crippen LogP) is 3.38. The molecule has 0 fully saturated rings. The number of benzene rings is 3. The fourth-order valence-corrected chi connectivity index (χ4v) is 3.21. The van der Waals surface area contributed by atoms with Crippen molar-refractivity contribution in [1.82, 2.24) is 5.43 Å². The normalized spacial score (nSPS) is 14.0. The lowest BCUT2D eigenvalue weighted by molar-refractivity contribution is -0.112. The van der Waals surface area contributed by atoms with E-state index in [9.17, 15) is 9.59 Å². The van der Waals surface area contributed by atoms with Crippen LogP contribution in [0.5, 0.6) is 5.75 Å². The van der Waals surface area contributed by atoms with Crippen molar-refractivity contribution in [2.75, 3.05) is 12.0 Å². The number of ether oxygens (including phenoxy) is 1. The first-order valence-electron chi connectivity index (χ1n) is 9.14. The predicted molar refractivity (Wildman–Crippen MR) is 111 cm³/mol. The minimum atomic E-state index is -0.373. The van der Waals surface area contributed by atoms with Crippen LogP contribution >= 0.6 is 0 Å². The quantitative estimate of drug-likeness (QED) is 0.685. The number of nitrogens with one attached hydrogen (secondary N) is 1. The lowest BCUT2D eigenvalue weighted by Gasteiger charge is -2.17. The van der Waals surface area contributed by atoms with E-state index < -0.39 is 0 Å². The van der Waals surface area contributed by atoms with Gasteiger partial charge in [-0.15, -0.1) is 0 Å². The Morgan fingerprint density at radius 2 is 1.69 bits per heavy atom. The Bertz CT molecular complexity index is 1080. The molecule has 0 saturated heterocycles. The second-order valence-corrected chi connectivity index (χ2v) is 6.53. The smallest absolute Gasteiger partial charge is 0.279 e. The van der Waals surface area contributed by atoms with E-state index in [2.05, 4.69) is 10.5 Å². The summed E-state index contributed by atoms with van der Waals surface area (Å²) in [6.45, 7) is 0.394. The van der Waals surface area contributed by atoms with E-state index in [-0.39, 0.29) is 17.5 Å². The number of carbonyl (C=O) groups excluding carboxylic acids is 2. The van der Waals surface area contributed by atoms with Gasteiger partial charge in [-0.1, -0.05) is 48.5 Å². The van der Waals surface area contributed by atoms with Crippen molar-refractivity contribution in [3.05, 3.63) is 95.6 Å². The lowest BCUT2D eigenvalue weighted by atomic mass is 10.1. The Hall–Kier alpha value is -3.93. The summed E-state index contributed by atoms with van der Waals surface area (Å²) < 4.78 is 5.32. The van der Waals surface area contributed by atoms with Crippen LogP contribution in [0.4, 0.5) is 5.69 Å². The molecule has 1 aliphatic rings. The van der Waals surface area contributed by atoms with Crippen molar-refractivity contribution in [2.24, 2.45) is 5.10 Å². The van der Waals surface area contributed by atoms with Crippen LogP contribution in [0.1, 0.15) is 21.5 Å². The molecule has 1 aliphatic heterocycles. The van der Waals surface area contributed by atoms with Crippen molar-refractivity contribution >= 4 is 23.2 Å². The molecule has 0 unspecified atom stereocenters. The second-order valence-electron chi connectivity index (χ2n) is 6.53. The molecule has 3 aromatic carbocycles. The third-order valence-corrected chi connectivity index (χ3v) is 4.69. The molecule has 0 radical (unpaired) electrons. The van der Waals surface area contributed by atoms with Gasteiger partial charge in [0.2, 0.25) is 0 Å². The average Bonchev–Trinajstić information content (AvgIpc) is 3.03. The van der Waals surface area contributed by atoms with Crippen molar-refractivity contribution in [3.8, 4) is 5.75 Å². The van der Waals surface area contributed by atoms with Crippen LogP contribution in [-0.2, 0) is 11.3 Å². The van der Waals surface area contributed by atoms with Gasteiger partial charge < -0.3 is 9.64 Å². The summed E-state index contributed by atoms with van der Waals surface area (Å²) in [5.41, 5.74) is 5.51. The average molecular weight is 385 g/mol. The minimum Gasteiger partial charge on any atom is -0.497 e. The van der Waals surface area contributed by atoms with Gasteiger partial charge in [0.25, 0.3) is 11.8 Å². The van der Waals surface area contributed by atoms with E-state index >= 15 is 0 Å². The van der Waals surface area contributed by atoms with Crippen LogP contribution in [-0.4, -0.2) is 24.6 Å². The maximum absolute atomic E-state index is 13.1. The maximum Gasteiger partial charge on any atom is 0.279 e. The molecule has 0 atom stereocenters. The van der Waals surface area contributed by atoms with Gasteiger partial charge in [-0.3, -0.25) is 9.59 Å². The first-order chi connectivity index (χ1) is 14.2. The highest BCUT2D eigenvalue weighted by atomic mass is 16.5. The van der Waals surface area contributed by atoms with Gasteiger partial charge in [0, 0.05) is 17.2 Å². The first-order valence-corrected chi connectivity index (χ1v) is 9.14. The number of rotatable bonds is 5. The van der Waals surface area contributed by atoms with Crippen LogP contribution in [0, 0.1) is 0 Å². The topological polar surface area (TPSA) is 71.0 Å². The fraction of sp³-hybridized carbons (Fsp3) is 0.0870. The Labute approximate surface area is 168 Å². The van der Waals surface area contributed by atoms with E-state index in [1.165, 1.54) is 0 Å². The van der Waals surface area contributed by atoms with Gasteiger partial charge >= 0.3 is 0 Å². The Morgan fingerprint density at radius 3 is 2.38 bits per heavy atom. The molecule has 144 valence electrons. The number of hydrogen-bond donors (Lipinski definition) is 1. The number of carbonyl (C=O) groups is 2. The van der Waals surface area contributed by atoms with Crippen molar-refractivity contribution in [1.29, 1.82) is 0 Å². The molecule has 29 heavy (non-hydrogen) atoms. The van der Waals surface area contributed by atoms with Gasteiger partial charge in [-0.2, -0.15) is 5.10 Å². The minimum absolute atomic E-state index is 0.197. The number of methoxy groups -OCH3 is 1. The van der Waals surface area contributed by atoms with Crippen LogP contribution < -0.4 is 15.1 Å². The molecule has 6 heteroatoms. The maximum atomic E-state index is 13.1. The number of hydrogen-bond acceptors (Lipinski definition) is 4. The summed E-state index contributed by atoms with van der Waals surface area (Å²) in [6.07, 6.45) is 0. The molecule has 3 aromatic rings. The van der Waals surface area contributed by atoms with E-state index in [1.807, 2.05) is 36.4 Å². The van der Waals surface area contributed by atoms with Crippen molar-refractivity contribution in [3.63, 3.8) is 0 Å². The van der Waals surface area contributed by atoms with E-state index in [1.54, 1.807) is 54.5 Å². The second kappa shape index (κ2) is 7.98. The lowest BCUT2D eigenvalue weighted by Crippen LogP contribution is -2.31. The number of anilines is 1. The first kappa shape index (κ1) is 18.4. The van der Waals surface area contributed by atoms with Gasteiger partial charge in [0.1, 0.15) is 5.75 Å². The summed E-state index contributed by atoms with van der Waals surface area (Å²) in [5.74, 6) is -0.00267. The summed E-state index contributed by atoms with van der Waals surface area (Å²) in [4.78, 5) is 27.1. The van der Waals surface area contributed by atoms with Gasteiger partial charge in [0.05, 0.1) is 19.3 Å². The van der Waals surface area contributed by atoms with Crippen LogP contribution in [0.15, 0.2) is 84.0 Å². The molecule has 6 nitrogen and oxygen atoms in total. The van der Waals surface area contributed by atoms with Gasteiger partial charge in [-0.05, 0) is 29.8 Å². The Morgan fingerprint density at radius 1 is 1.00 bits per heavy atom. The molecule has 0 bridgehead atoms. The molecule has 1 N–H and O–H groups in total. The van der Waals surface area contributed by atoms with E-state index in [0.29, 0.717) is 29.1 Å². The third kappa shape index (κ3) is 3.73. The molecule has 2 amide bonds. The Balaban J connectivity index is 1.66. The third-order valence-electron chi connectivity index (χ3n) is 4.69. The fourth-order valence-electron chi connectivity index (χ4n) is 3.21. The molecule has 1 heterocycles. The highest BCUT2D eigenvalue weighted by Crippen LogP contribution is 2.34. The SMILES string of the molecule is COc1ccc2c(c1)N(Cc1ccccc1)C(=O)/C2=N\NC(=O)c1ccccc1. The molecule has 0 saturated carbocycles. The number of amides is 2. The summed E-state index contributed by atoms with van der Waals surface area (Å²) in [5, 5.41) is 4.15. The van der Waals surface area contributed by atoms with Crippen molar-refractivity contribution < 1.29 is 14.3 Å². The monoisotopic (exact) mass is 385 g/mol. The zero-order chi connectivity index (χ0) is 20.2. The van der Waals surface area contributed by atoms with Crippen molar-refractivity contribution in [2.45, 2.75) is 6.54 Å². The van der Waals surface area contributed by atoms with Crippen LogP contribution in [0.25, 0.3) is 0 Å². The van der Waals surface area contributed by atoms with Crippen LogP contribution in [0.3, 0.4) is 0 Å². The van der Waals surface area contributed by atoms with E-state index in [4.69, 9.17) is 4.74 Å².